The molecule has 0 radical (unpaired) electrons. The van der Waals surface area contributed by atoms with Crippen LogP contribution in [0.25, 0.3) is 22.3 Å². The predicted molar refractivity (Wildman–Crippen MR) is 172 cm³/mol. The molecular formula is C33H39N3O4SSi. The lowest BCUT2D eigenvalue weighted by molar-refractivity contribution is 0.0878. The predicted octanol–water partition coefficient (Wildman–Crippen LogP) is 6.36. The summed E-state index contributed by atoms with van der Waals surface area (Å²) < 4.78 is 21.7. The summed E-state index contributed by atoms with van der Waals surface area (Å²) in [4.78, 5) is 32.8. The number of nitrogens with one attached hydrogen (secondary N) is 1. The Labute approximate surface area is 250 Å². The van der Waals surface area contributed by atoms with E-state index in [1.165, 1.54) is 0 Å². The molecule has 7 nitrogen and oxygen atoms in total. The van der Waals surface area contributed by atoms with Crippen LogP contribution in [-0.2, 0) is 28.0 Å². The topological polar surface area (TPSA) is 90.3 Å². The minimum atomic E-state index is -1.62. The van der Waals surface area contributed by atoms with E-state index < -0.39 is 18.9 Å². The maximum absolute atomic E-state index is 14.1. The highest BCUT2D eigenvalue weighted by Gasteiger charge is 2.26. The first-order valence-corrected chi connectivity index (χ1v) is 19.7. The second-order valence-corrected chi connectivity index (χ2v) is 19.2. The van der Waals surface area contributed by atoms with Crippen molar-refractivity contribution in [2.75, 3.05) is 6.61 Å². The van der Waals surface area contributed by atoms with E-state index in [1.807, 2.05) is 54.6 Å². The average molecular weight is 602 g/mol. The smallest absolute Gasteiger partial charge is 0.279 e. The summed E-state index contributed by atoms with van der Waals surface area (Å²) in [5.74, 6) is -0.0562. The summed E-state index contributed by atoms with van der Waals surface area (Å²) in [6.07, 6.45) is 4.03. The molecule has 3 aromatic carbocycles. The molecule has 42 heavy (non-hydrogen) atoms. The summed E-state index contributed by atoms with van der Waals surface area (Å²) in [5.41, 5.74) is 2.73. The fraction of sp³-hybridized carbons (Fsp3) is 0.364. The Hall–Kier alpha value is -3.40. The van der Waals surface area contributed by atoms with Crippen LogP contribution >= 0.6 is 0 Å². The Morgan fingerprint density at radius 2 is 1.71 bits per heavy atom. The number of hydrogen-bond donors (Lipinski definition) is 1. The van der Waals surface area contributed by atoms with Crippen LogP contribution in [0.15, 0.2) is 82.5 Å². The second kappa shape index (κ2) is 13.3. The lowest BCUT2D eigenvalue weighted by atomic mass is 10.1. The Bertz CT molecular complexity index is 1640. The molecule has 1 atom stereocenters. The zero-order chi connectivity index (χ0) is 29.7. The summed E-state index contributed by atoms with van der Waals surface area (Å²) in [7, 11) is -2.93. The quantitative estimate of drug-likeness (QED) is 0.160. The lowest BCUT2D eigenvalue weighted by Gasteiger charge is -2.19. The number of aromatic nitrogens is 2. The van der Waals surface area contributed by atoms with Gasteiger partial charge in [0.15, 0.2) is 0 Å². The zero-order valence-electron chi connectivity index (χ0n) is 24.6. The third-order valence-corrected chi connectivity index (χ3v) is 10.8. The van der Waals surface area contributed by atoms with Crippen LogP contribution in [0.3, 0.4) is 0 Å². The zero-order valence-corrected chi connectivity index (χ0v) is 26.4. The van der Waals surface area contributed by atoms with E-state index in [0.717, 1.165) is 37.3 Å². The normalized spacial score (nSPS) is 14.7. The van der Waals surface area contributed by atoms with Gasteiger partial charge in [-0.05, 0) is 42.6 Å². The Balaban J connectivity index is 1.61. The van der Waals surface area contributed by atoms with Crippen molar-refractivity contribution >= 4 is 35.8 Å². The van der Waals surface area contributed by atoms with Crippen LogP contribution in [-0.4, -0.2) is 40.4 Å². The molecule has 1 aliphatic rings. The number of nitrogens with zero attached hydrogens (tertiary/aromatic N) is 2. The molecule has 4 aromatic rings. The van der Waals surface area contributed by atoms with Crippen molar-refractivity contribution in [1.82, 2.24) is 14.9 Å². The van der Waals surface area contributed by atoms with Crippen molar-refractivity contribution in [2.45, 2.75) is 74.8 Å². The summed E-state index contributed by atoms with van der Waals surface area (Å²) in [6, 6.07) is 23.3. The van der Waals surface area contributed by atoms with Crippen molar-refractivity contribution < 1.29 is 13.7 Å². The number of carbonyl (C=O) groups excluding carboxylic acids is 1. The summed E-state index contributed by atoms with van der Waals surface area (Å²) in [6.45, 7) is 7.52. The van der Waals surface area contributed by atoms with Crippen molar-refractivity contribution in [2.24, 2.45) is 0 Å². The first-order chi connectivity index (χ1) is 20.2. The fourth-order valence-corrected chi connectivity index (χ4v) is 7.52. The molecule has 0 aliphatic heterocycles. The monoisotopic (exact) mass is 601 g/mol. The molecular weight excluding hydrogens is 563 g/mol. The van der Waals surface area contributed by atoms with Gasteiger partial charge in [0.2, 0.25) is 0 Å². The van der Waals surface area contributed by atoms with Gasteiger partial charge in [-0.3, -0.25) is 18.4 Å². The van der Waals surface area contributed by atoms with Crippen LogP contribution in [0.1, 0.15) is 41.6 Å². The van der Waals surface area contributed by atoms with E-state index in [2.05, 4.69) is 25.0 Å². The molecule has 1 aliphatic carbocycles. The molecule has 1 unspecified atom stereocenters. The van der Waals surface area contributed by atoms with Crippen molar-refractivity contribution in [3.05, 3.63) is 94.3 Å². The molecule has 0 spiro atoms. The highest BCUT2D eigenvalue weighted by molar-refractivity contribution is 7.84. The van der Waals surface area contributed by atoms with E-state index in [-0.39, 0.29) is 35.7 Å². The van der Waals surface area contributed by atoms with E-state index >= 15 is 0 Å². The largest absolute Gasteiger partial charge is 0.361 e. The number of rotatable bonds is 11. The molecule has 1 saturated carbocycles. The summed E-state index contributed by atoms with van der Waals surface area (Å²) >= 11 is 0. The molecule has 0 saturated heterocycles. The first-order valence-electron chi connectivity index (χ1n) is 14.7. The molecule has 1 amide bonds. The van der Waals surface area contributed by atoms with Gasteiger partial charge >= 0.3 is 0 Å². The van der Waals surface area contributed by atoms with E-state index in [4.69, 9.17) is 9.72 Å². The Kier molecular flexibility index (Phi) is 9.50. The molecule has 1 heterocycles. The molecule has 1 aromatic heterocycles. The van der Waals surface area contributed by atoms with Crippen LogP contribution in [0, 0.1) is 0 Å². The minimum Gasteiger partial charge on any atom is -0.361 e. The molecule has 220 valence electrons. The van der Waals surface area contributed by atoms with Gasteiger partial charge in [-0.25, -0.2) is 4.98 Å². The van der Waals surface area contributed by atoms with Crippen LogP contribution in [0.4, 0.5) is 0 Å². The third-order valence-electron chi connectivity index (χ3n) is 7.64. The van der Waals surface area contributed by atoms with Gasteiger partial charge < -0.3 is 10.1 Å². The third kappa shape index (κ3) is 7.14. The van der Waals surface area contributed by atoms with Crippen molar-refractivity contribution in [1.29, 1.82) is 0 Å². The maximum Gasteiger partial charge on any atom is 0.279 e. The van der Waals surface area contributed by atoms with Gasteiger partial charge in [-0.15, -0.1) is 0 Å². The molecule has 0 bridgehead atoms. The van der Waals surface area contributed by atoms with Gasteiger partial charge in [-0.2, -0.15) is 0 Å². The molecule has 1 N–H and O–H groups in total. The van der Waals surface area contributed by atoms with E-state index in [9.17, 15) is 13.8 Å². The van der Waals surface area contributed by atoms with Gasteiger partial charge in [0.25, 0.3) is 11.5 Å². The number of ether oxygens (including phenoxy) is 1. The number of amides is 1. The van der Waals surface area contributed by atoms with Crippen LogP contribution in [0.5, 0.6) is 0 Å². The average Bonchev–Trinajstić information content (AvgIpc) is 3.48. The van der Waals surface area contributed by atoms with Gasteiger partial charge in [-0.1, -0.05) is 87.1 Å². The fourth-order valence-electron chi connectivity index (χ4n) is 5.31. The lowest BCUT2D eigenvalue weighted by Crippen LogP contribution is -2.33. The number of para-hydroxylation sites is 2. The van der Waals surface area contributed by atoms with Gasteiger partial charge in [0.1, 0.15) is 12.4 Å². The maximum atomic E-state index is 14.1. The van der Waals surface area contributed by atoms with Gasteiger partial charge in [0.05, 0.1) is 38.0 Å². The molecule has 9 heteroatoms. The minimum absolute atomic E-state index is 0.0869. The first kappa shape index (κ1) is 30.1. The SMILES string of the molecule is C[Si](C)(C)CCOCn1c(=O)c(-c2cccc(C(=O)NC3CCCC3)c2S(=O)Cc2ccccc2)nc2ccccc21. The Morgan fingerprint density at radius 3 is 2.45 bits per heavy atom. The molecule has 1 fully saturated rings. The number of hydrogen-bond acceptors (Lipinski definition) is 5. The number of carbonyl (C=O) groups is 1. The molecule has 5 rings (SSSR count). The van der Waals surface area contributed by atoms with Crippen LogP contribution in [0.2, 0.25) is 25.7 Å². The second-order valence-electron chi connectivity index (χ2n) is 12.1. The van der Waals surface area contributed by atoms with Crippen molar-refractivity contribution in [3.8, 4) is 11.3 Å². The standard InChI is InChI=1S/C33H39N3O4SSi/c1-42(2,3)21-20-40-23-36-29-19-10-9-18-28(29)35-30(33(36)38)26-16-11-17-27(32(37)34-25-14-7-8-15-25)31(26)41(39)22-24-12-5-4-6-13-24/h4-6,9-13,16-19,25H,7-8,14-15,20-23H2,1-3H3,(H,34,37). The van der Waals surface area contributed by atoms with Gasteiger partial charge in [0, 0.05) is 26.3 Å². The van der Waals surface area contributed by atoms with E-state index in [0.29, 0.717) is 33.7 Å². The summed E-state index contributed by atoms with van der Waals surface area (Å²) in [5, 5.41) is 3.14. The highest BCUT2D eigenvalue weighted by Crippen LogP contribution is 2.30. The van der Waals surface area contributed by atoms with E-state index in [1.54, 1.807) is 22.8 Å². The number of fused-ring (bicyclic) bond motifs is 1. The van der Waals surface area contributed by atoms with Crippen molar-refractivity contribution in [3.63, 3.8) is 0 Å². The highest BCUT2D eigenvalue weighted by atomic mass is 32.2. The van der Waals surface area contributed by atoms with Crippen LogP contribution < -0.4 is 10.9 Å². The number of benzene rings is 3. The Morgan fingerprint density at radius 1 is 1.00 bits per heavy atom.